The molecule has 0 bridgehead atoms. The molecule has 0 saturated heterocycles. The zero-order valence-electron chi connectivity index (χ0n) is 11.0. The summed E-state index contributed by atoms with van der Waals surface area (Å²) in [4.78, 5) is 11.9. The summed E-state index contributed by atoms with van der Waals surface area (Å²) in [5.74, 6) is -1.05. The molecule has 106 valence electrons. The number of hydrogen-bond acceptors (Lipinski definition) is 3. The Balaban J connectivity index is 2.97. The van der Waals surface area contributed by atoms with Crippen LogP contribution in [-0.2, 0) is 15.6 Å². The summed E-state index contributed by atoms with van der Waals surface area (Å²) < 4.78 is 25.5. The van der Waals surface area contributed by atoms with Gasteiger partial charge in [-0.3, -0.25) is 14.2 Å². The lowest BCUT2D eigenvalue weighted by Crippen LogP contribution is -2.35. The van der Waals surface area contributed by atoms with E-state index in [0.29, 0.717) is 16.9 Å². The minimum absolute atomic E-state index is 0.377. The van der Waals surface area contributed by atoms with Crippen molar-refractivity contribution >= 4 is 16.7 Å². The lowest BCUT2D eigenvalue weighted by Gasteiger charge is -2.14. The second-order valence-corrected chi connectivity index (χ2v) is 5.95. The van der Waals surface area contributed by atoms with Crippen molar-refractivity contribution in [3.8, 4) is 0 Å². The van der Waals surface area contributed by atoms with Gasteiger partial charge in [0.05, 0.1) is 10.8 Å². The Morgan fingerprint density at radius 3 is 2.74 bits per heavy atom. The fourth-order valence-electron chi connectivity index (χ4n) is 1.70. The molecule has 6 heteroatoms. The number of aryl methyl sites for hydroxylation is 1. The summed E-state index contributed by atoms with van der Waals surface area (Å²) >= 11 is 0. The fraction of sp³-hybridized carbons (Fsp3) is 0.462. The summed E-state index contributed by atoms with van der Waals surface area (Å²) in [6.45, 7) is 3.53. The molecule has 1 amide bonds. The summed E-state index contributed by atoms with van der Waals surface area (Å²) in [7, 11) is -1.61. The molecule has 1 rings (SSSR count). The van der Waals surface area contributed by atoms with Crippen LogP contribution in [0.5, 0.6) is 0 Å². The average molecular weight is 287 g/mol. The number of unbranched alkanes of at least 4 members (excludes halogenated alkanes) is 1. The van der Waals surface area contributed by atoms with Gasteiger partial charge >= 0.3 is 0 Å². The number of hydroxylamine groups is 1. The molecule has 0 aliphatic carbocycles. The number of amides is 1. The number of hydrogen-bond donors (Lipinski definition) is 2. The van der Waals surface area contributed by atoms with E-state index in [4.69, 9.17) is 5.21 Å². The van der Waals surface area contributed by atoms with E-state index >= 15 is 0 Å². The van der Waals surface area contributed by atoms with Gasteiger partial charge < -0.3 is 0 Å². The van der Waals surface area contributed by atoms with Crippen LogP contribution in [-0.4, -0.2) is 20.6 Å². The predicted octanol–water partition coefficient (Wildman–Crippen LogP) is 2.31. The number of carbonyl (C=O) groups is 1. The van der Waals surface area contributed by atoms with Crippen molar-refractivity contribution in [1.29, 1.82) is 0 Å². The lowest BCUT2D eigenvalue weighted by molar-refractivity contribution is -0.128. The highest BCUT2D eigenvalue weighted by Gasteiger charge is 2.25. The molecule has 4 nitrogen and oxygen atoms in total. The Morgan fingerprint density at radius 1 is 1.53 bits per heavy atom. The van der Waals surface area contributed by atoms with Crippen molar-refractivity contribution in [1.82, 2.24) is 5.48 Å². The maximum atomic E-state index is 13.2. The van der Waals surface area contributed by atoms with Gasteiger partial charge in [-0.25, -0.2) is 9.87 Å². The normalized spacial score (nSPS) is 13.9. The van der Waals surface area contributed by atoms with Crippen LogP contribution < -0.4 is 5.48 Å². The van der Waals surface area contributed by atoms with Crippen molar-refractivity contribution in [3.63, 3.8) is 0 Å². The number of rotatable bonds is 6. The maximum absolute atomic E-state index is 13.2. The van der Waals surface area contributed by atoms with E-state index in [9.17, 15) is 13.4 Å². The highest BCUT2D eigenvalue weighted by atomic mass is 32.2. The van der Waals surface area contributed by atoms with Gasteiger partial charge in [0, 0.05) is 4.90 Å². The van der Waals surface area contributed by atoms with Crippen molar-refractivity contribution < 1.29 is 18.6 Å². The van der Waals surface area contributed by atoms with Crippen LogP contribution in [0.2, 0.25) is 0 Å². The fourth-order valence-corrected chi connectivity index (χ4v) is 3.15. The van der Waals surface area contributed by atoms with Crippen LogP contribution >= 0.6 is 0 Å². The largest absolute Gasteiger partial charge is 0.289 e. The molecule has 2 atom stereocenters. The SMILES string of the molecule is CCCCC(C(=O)NO)S(=O)c1ccc(F)c(C)c1. The van der Waals surface area contributed by atoms with E-state index in [0.717, 1.165) is 12.8 Å². The first kappa shape index (κ1) is 15.8. The van der Waals surface area contributed by atoms with Gasteiger partial charge in [-0.2, -0.15) is 0 Å². The van der Waals surface area contributed by atoms with Crippen LogP contribution in [0.4, 0.5) is 4.39 Å². The predicted molar refractivity (Wildman–Crippen MR) is 70.8 cm³/mol. The second kappa shape index (κ2) is 7.35. The van der Waals surface area contributed by atoms with Crippen LogP contribution in [0.15, 0.2) is 23.1 Å². The summed E-state index contributed by atoms with van der Waals surface area (Å²) in [5.41, 5.74) is 1.92. The van der Waals surface area contributed by atoms with E-state index in [2.05, 4.69) is 0 Å². The Hall–Kier alpha value is -1.27. The molecule has 19 heavy (non-hydrogen) atoms. The van der Waals surface area contributed by atoms with Crippen molar-refractivity contribution in [3.05, 3.63) is 29.6 Å². The molecule has 0 aliphatic heterocycles. The van der Waals surface area contributed by atoms with Gasteiger partial charge in [-0.05, 0) is 37.1 Å². The van der Waals surface area contributed by atoms with Crippen LogP contribution in [0, 0.1) is 12.7 Å². The third kappa shape index (κ3) is 4.11. The van der Waals surface area contributed by atoms with E-state index in [-0.39, 0.29) is 5.82 Å². The molecular weight excluding hydrogens is 269 g/mol. The minimum Gasteiger partial charge on any atom is -0.289 e. The Bertz CT molecular complexity index is 479. The molecule has 1 aromatic carbocycles. The molecule has 0 fully saturated rings. The molecule has 0 aromatic heterocycles. The monoisotopic (exact) mass is 287 g/mol. The lowest BCUT2D eigenvalue weighted by atomic mass is 10.2. The first-order chi connectivity index (χ1) is 9.01. The smallest absolute Gasteiger partial charge is 0.259 e. The van der Waals surface area contributed by atoms with Crippen LogP contribution in [0.3, 0.4) is 0 Å². The average Bonchev–Trinajstić information content (AvgIpc) is 2.41. The van der Waals surface area contributed by atoms with E-state index in [1.54, 1.807) is 12.4 Å². The third-order valence-electron chi connectivity index (χ3n) is 2.84. The minimum atomic E-state index is -1.61. The molecule has 0 radical (unpaired) electrons. The maximum Gasteiger partial charge on any atom is 0.259 e. The van der Waals surface area contributed by atoms with Crippen molar-refractivity contribution in [2.75, 3.05) is 0 Å². The Morgan fingerprint density at radius 2 is 2.21 bits per heavy atom. The van der Waals surface area contributed by atoms with Crippen molar-refractivity contribution in [2.24, 2.45) is 0 Å². The van der Waals surface area contributed by atoms with E-state index < -0.39 is 22.0 Å². The molecule has 2 unspecified atom stereocenters. The third-order valence-corrected chi connectivity index (χ3v) is 4.53. The Labute approximate surface area is 114 Å². The molecular formula is C13H18FNO3S. The van der Waals surface area contributed by atoms with Crippen LogP contribution in [0.25, 0.3) is 0 Å². The number of benzene rings is 1. The molecule has 0 saturated carbocycles. The van der Waals surface area contributed by atoms with Gasteiger partial charge in [0.2, 0.25) is 0 Å². The number of nitrogens with one attached hydrogen (secondary N) is 1. The zero-order chi connectivity index (χ0) is 14.4. The molecule has 1 aromatic rings. The number of halogens is 1. The summed E-state index contributed by atoms with van der Waals surface area (Å²) in [6.07, 6.45) is 1.99. The summed E-state index contributed by atoms with van der Waals surface area (Å²) in [6, 6.07) is 4.10. The van der Waals surface area contributed by atoms with Crippen molar-refractivity contribution in [2.45, 2.75) is 43.3 Å². The van der Waals surface area contributed by atoms with Gasteiger partial charge in [0.25, 0.3) is 5.91 Å². The first-order valence-corrected chi connectivity index (χ1v) is 7.33. The van der Waals surface area contributed by atoms with E-state index in [1.807, 2.05) is 6.92 Å². The highest BCUT2D eigenvalue weighted by molar-refractivity contribution is 7.86. The molecule has 2 N–H and O–H groups in total. The topological polar surface area (TPSA) is 66.4 Å². The van der Waals surface area contributed by atoms with E-state index in [1.165, 1.54) is 18.2 Å². The summed E-state index contributed by atoms with van der Waals surface area (Å²) in [5, 5.41) is 7.88. The van der Waals surface area contributed by atoms with Gasteiger partial charge in [-0.1, -0.05) is 19.8 Å². The van der Waals surface area contributed by atoms with Crippen LogP contribution in [0.1, 0.15) is 31.7 Å². The second-order valence-electron chi connectivity index (χ2n) is 4.32. The molecule has 0 aliphatic rings. The van der Waals surface area contributed by atoms with Gasteiger partial charge in [0.1, 0.15) is 11.1 Å². The Kier molecular flexibility index (Phi) is 6.11. The standard InChI is InChI=1S/C13H18FNO3S/c1-3-4-5-12(13(16)15-17)19(18)10-6-7-11(14)9(2)8-10/h6-8,12,17H,3-5H2,1-2H3,(H,15,16). The molecule has 0 heterocycles. The number of carbonyl (C=O) groups excluding carboxylic acids is 1. The highest BCUT2D eigenvalue weighted by Crippen LogP contribution is 2.19. The zero-order valence-corrected chi connectivity index (χ0v) is 11.8. The van der Waals surface area contributed by atoms with Gasteiger partial charge in [-0.15, -0.1) is 0 Å². The van der Waals surface area contributed by atoms with Gasteiger partial charge in [0.15, 0.2) is 0 Å². The quantitative estimate of drug-likeness (QED) is 0.623. The molecule has 0 spiro atoms. The first-order valence-electron chi connectivity index (χ1n) is 6.12.